The van der Waals surface area contributed by atoms with Crippen LogP contribution in [0.15, 0.2) is 18.2 Å². The summed E-state index contributed by atoms with van der Waals surface area (Å²) in [6.45, 7) is 4.69. The van der Waals surface area contributed by atoms with E-state index in [2.05, 4.69) is 5.32 Å². The monoisotopic (exact) mass is 267 g/mol. The first kappa shape index (κ1) is 15.4. The average Bonchev–Trinajstić information content (AvgIpc) is 2.35. The number of nitro groups is 1. The molecule has 19 heavy (non-hydrogen) atoms. The maximum atomic E-state index is 10.9. The van der Waals surface area contributed by atoms with Crippen LogP contribution in [0.1, 0.15) is 12.5 Å². The molecule has 106 valence electrons. The summed E-state index contributed by atoms with van der Waals surface area (Å²) in [6, 6.07) is 4.98. The predicted octanol–water partition coefficient (Wildman–Crippen LogP) is 1.64. The van der Waals surface area contributed by atoms with Gasteiger partial charge in [0.15, 0.2) is 5.75 Å². The summed E-state index contributed by atoms with van der Waals surface area (Å²) in [5.41, 5.74) is 0.992. The van der Waals surface area contributed by atoms with Crippen LogP contribution in [0.4, 0.5) is 5.69 Å². The van der Waals surface area contributed by atoms with Gasteiger partial charge in [0.25, 0.3) is 0 Å². The standard InChI is InChI=1S/C13H21N3O3/c1-4-14-10-11-5-6-12(16(17)18)13(9-11)19-8-7-15(2)3/h5-6,9,14H,4,7-8,10H2,1-3H3. The van der Waals surface area contributed by atoms with Gasteiger partial charge in [0.1, 0.15) is 6.61 Å². The molecule has 1 rings (SSSR count). The molecule has 0 atom stereocenters. The van der Waals surface area contributed by atoms with Gasteiger partial charge in [-0.15, -0.1) is 0 Å². The number of hydrogen-bond donors (Lipinski definition) is 1. The van der Waals surface area contributed by atoms with Crippen molar-refractivity contribution in [3.8, 4) is 5.75 Å². The highest BCUT2D eigenvalue weighted by Gasteiger charge is 2.15. The molecule has 6 heteroatoms. The fourth-order valence-corrected chi connectivity index (χ4v) is 1.54. The Morgan fingerprint density at radius 1 is 1.42 bits per heavy atom. The van der Waals surface area contributed by atoms with Crippen LogP contribution in [0, 0.1) is 10.1 Å². The first-order valence-electron chi connectivity index (χ1n) is 6.30. The van der Waals surface area contributed by atoms with Crippen molar-refractivity contribution in [1.29, 1.82) is 0 Å². The minimum atomic E-state index is -0.415. The molecule has 0 aliphatic carbocycles. The topological polar surface area (TPSA) is 67.6 Å². The minimum absolute atomic E-state index is 0.0130. The van der Waals surface area contributed by atoms with Gasteiger partial charge in [-0.05, 0) is 32.3 Å². The fourth-order valence-electron chi connectivity index (χ4n) is 1.54. The van der Waals surface area contributed by atoms with Crippen LogP contribution >= 0.6 is 0 Å². The van der Waals surface area contributed by atoms with Crippen molar-refractivity contribution in [3.05, 3.63) is 33.9 Å². The van der Waals surface area contributed by atoms with E-state index in [0.717, 1.165) is 12.1 Å². The molecule has 0 amide bonds. The van der Waals surface area contributed by atoms with Crippen molar-refractivity contribution in [1.82, 2.24) is 10.2 Å². The molecule has 0 fully saturated rings. The third-order valence-corrected chi connectivity index (χ3v) is 2.60. The molecule has 0 saturated carbocycles. The van der Waals surface area contributed by atoms with E-state index >= 15 is 0 Å². The fraction of sp³-hybridized carbons (Fsp3) is 0.538. The lowest BCUT2D eigenvalue weighted by molar-refractivity contribution is -0.385. The molecule has 0 radical (unpaired) electrons. The second-order valence-electron chi connectivity index (χ2n) is 4.49. The minimum Gasteiger partial charge on any atom is -0.485 e. The van der Waals surface area contributed by atoms with Crippen LogP contribution < -0.4 is 10.1 Å². The summed E-state index contributed by atoms with van der Waals surface area (Å²) in [5.74, 6) is 0.335. The van der Waals surface area contributed by atoms with Crippen LogP contribution in [-0.2, 0) is 6.54 Å². The van der Waals surface area contributed by atoms with Crippen LogP contribution in [-0.4, -0.2) is 43.6 Å². The summed E-state index contributed by atoms with van der Waals surface area (Å²) < 4.78 is 5.52. The van der Waals surface area contributed by atoms with E-state index in [-0.39, 0.29) is 5.69 Å². The van der Waals surface area contributed by atoms with Gasteiger partial charge in [-0.3, -0.25) is 10.1 Å². The number of ether oxygens (including phenoxy) is 1. The number of rotatable bonds is 8. The van der Waals surface area contributed by atoms with Crippen LogP contribution in [0.5, 0.6) is 5.75 Å². The first-order chi connectivity index (χ1) is 9.04. The van der Waals surface area contributed by atoms with Gasteiger partial charge in [0, 0.05) is 19.2 Å². The van der Waals surface area contributed by atoms with Crippen molar-refractivity contribution in [2.75, 3.05) is 33.8 Å². The molecule has 0 unspecified atom stereocenters. The van der Waals surface area contributed by atoms with Crippen molar-refractivity contribution in [3.63, 3.8) is 0 Å². The van der Waals surface area contributed by atoms with Crippen molar-refractivity contribution in [2.24, 2.45) is 0 Å². The molecule has 1 aromatic rings. The third-order valence-electron chi connectivity index (χ3n) is 2.60. The SMILES string of the molecule is CCNCc1ccc([N+](=O)[O-])c(OCCN(C)C)c1. The molecular weight excluding hydrogens is 246 g/mol. The number of nitrogens with one attached hydrogen (secondary N) is 1. The Hall–Kier alpha value is -1.66. The van der Waals surface area contributed by atoms with E-state index < -0.39 is 4.92 Å². The second kappa shape index (κ2) is 7.70. The Morgan fingerprint density at radius 2 is 2.16 bits per heavy atom. The highest BCUT2D eigenvalue weighted by atomic mass is 16.6. The van der Waals surface area contributed by atoms with E-state index in [4.69, 9.17) is 4.74 Å². The lowest BCUT2D eigenvalue weighted by atomic mass is 10.2. The Kier molecular flexibility index (Phi) is 6.24. The molecule has 0 aliphatic rings. The molecule has 0 bridgehead atoms. The normalized spacial score (nSPS) is 10.7. The van der Waals surface area contributed by atoms with Gasteiger partial charge in [-0.25, -0.2) is 0 Å². The second-order valence-corrected chi connectivity index (χ2v) is 4.49. The predicted molar refractivity (Wildman–Crippen MR) is 74.5 cm³/mol. The van der Waals surface area contributed by atoms with E-state index in [0.29, 0.717) is 25.4 Å². The zero-order valence-corrected chi connectivity index (χ0v) is 11.7. The maximum absolute atomic E-state index is 10.9. The highest BCUT2D eigenvalue weighted by Crippen LogP contribution is 2.27. The number of likely N-dealkylation sites (N-methyl/N-ethyl adjacent to an activating group) is 1. The number of benzene rings is 1. The molecular formula is C13H21N3O3. The van der Waals surface area contributed by atoms with E-state index in [9.17, 15) is 10.1 Å². The van der Waals surface area contributed by atoms with Crippen LogP contribution in [0.3, 0.4) is 0 Å². The van der Waals surface area contributed by atoms with Gasteiger partial charge in [-0.1, -0.05) is 13.0 Å². The number of nitro benzene ring substituents is 1. The Bertz CT molecular complexity index is 422. The first-order valence-corrected chi connectivity index (χ1v) is 6.30. The summed E-state index contributed by atoms with van der Waals surface area (Å²) in [4.78, 5) is 12.5. The van der Waals surface area contributed by atoms with Crippen molar-refractivity contribution >= 4 is 5.69 Å². The summed E-state index contributed by atoms with van der Waals surface area (Å²) >= 11 is 0. The van der Waals surface area contributed by atoms with Gasteiger partial charge >= 0.3 is 5.69 Å². The molecule has 6 nitrogen and oxygen atoms in total. The summed E-state index contributed by atoms with van der Waals surface area (Å²) in [7, 11) is 3.86. The van der Waals surface area contributed by atoms with Gasteiger partial charge in [-0.2, -0.15) is 0 Å². The molecule has 0 heterocycles. The highest BCUT2D eigenvalue weighted by molar-refractivity contribution is 5.48. The van der Waals surface area contributed by atoms with Gasteiger partial charge < -0.3 is 15.0 Å². The van der Waals surface area contributed by atoms with E-state index in [1.54, 1.807) is 12.1 Å². The molecule has 1 aromatic carbocycles. The number of hydrogen-bond acceptors (Lipinski definition) is 5. The van der Waals surface area contributed by atoms with Gasteiger partial charge in [0.05, 0.1) is 4.92 Å². The molecule has 0 saturated heterocycles. The van der Waals surface area contributed by atoms with Crippen LogP contribution in [0.25, 0.3) is 0 Å². The quantitative estimate of drug-likeness (QED) is 0.573. The average molecular weight is 267 g/mol. The molecule has 1 N–H and O–H groups in total. The van der Waals surface area contributed by atoms with Crippen LogP contribution in [0.2, 0.25) is 0 Å². The maximum Gasteiger partial charge on any atom is 0.310 e. The molecule has 0 aliphatic heterocycles. The van der Waals surface area contributed by atoms with Crippen molar-refractivity contribution in [2.45, 2.75) is 13.5 Å². The summed E-state index contributed by atoms with van der Waals surface area (Å²) in [6.07, 6.45) is 0. The zero-order valence-electron chi connectivity index (χ0n) is 11.7. The van der Waals surface area contributed by atoms with E-state index in [1.165, 1.54) is 6.07 Å². The Labute approximate surface area is 113 Å². The largest absolute Gasteiger partial charge is 0.485 e. The third kappa shape index (κ3) is 5.23. The van der Waals surface area contributed by atoms with E-state index in [1.807, 2.05) is 25.9 Å². The lowest BCUT2D eigenvalue weighted by Crippen LogP contribution is -2.19. The van der Waals surface area contributed by atoms with Gasteiger partial charge in [0.2, 0.25) is 0 Å². The number of nitrogens with zero attached hydrogens (tertiary/aromatic N) is 2. The smallest absolute Gasteiger partial charge is 0.310 e. The molecule has 0 aromatic heterocycles. The molecule has 0 spiro atoms. The summed E-state index contributed by atoms with van der Waals surface area (Å²) in [5, 5.41) is 14.1. The Morgan fingerprint density at radius 3 is 2.74 bits per heavy atom. The zero-order chi connectivity index (χ0) is 14.3. The Balaban J connectivity index is 2.79. The van der Waals surface area contributed by atoms with Crippen molar-refractivity contribution < 1.29 is 9.66 Å². The lowest BCUT2D eigenvalue weighted by Gasteiger charge is -2.12.